The molecule has 6 heteroatoms. The van der Waals surface area contributed by atoms with Crippen LogP contribution in [0.3, 0.4) is 0 Å². The fraction of sp³-hybridized carbons (Fsp3) is 0.227. The van der Waals surface area contributed by atoms with Gasteiger partial charge in [-0.05, 0) is 54.8 Å². The zero-order valence-corrected chi connectivity index (χ0v) is 15.9. The van der Waals surface area contributed by atoms with Gasteiger partial charge < -0.3 is 5.32 Å². The smallest absolute Gasteiger partial charge is 0.266 e. The van der Waals surface area contributed by atoms with E-state index in [9.17, 15) is 14.0 Å². The van der Waals surface area contributed by atoms with Gasteiger partial charge in [0.2, 0.25) is 5.91 Å². The summed E-state index contributed by atoms with van der Waals surface area (Å²) >= 11 is 0. The predicted molar refractivity (Wildman–Crippen MR) is 106 cm³/mol. The van der Waals surface area contributed by atoms with E-state index in [-0.39, 0.29) is 30.2 Å². The number of carbonyl (C=O) groups is 1. The van der Waals surface area contributed by atoms with Gasteiger partial charge >= 0.3 is 0 Å². The zero-order valence-electron chi connectivity index (χ0n) is 15.9. The van der Waals surface area contributed by atoms with E-state index < -0.39 is 0 Å². The van der Waals surface area contributed by atoms with Crippen molar-refractivity contribution in [1.82, 2.24) is 15.1 Å². The molecule has 2 aromatic carbocycles. The number of nitrogens with one attached hydrogen (secondary N) is 1. The lowest BCUT2D eigenvalue weighted by Crippen LogP contribution is -2.28. The van der Waals surface area contributed by atoms with Crippen LogP contribution in [0.1, 0.15) is 23.1 Å². The summed E-state index contributed by atoms with van der Waals surface area (Å²) in [5, 5.41) is 7.16. The van der Waals surface area contributed by atoms with Crippen LogP contribution in [0.2, 0.25) is 0 Å². The van der Waals surface area contributed by atoms with E-state index in [0.717, 1.165) is 16.7 Å². The summed E-state index contributed by atoms with van der Waals surface area (Å²) in [6, 6.07) is 15.1. The normalized spacial score (nSPS) is 10.7. The van der Waals surface area contributed by atoms with Gasteiger partial charge in [-0.15, -0.1) is 0 Å². The molecule has 3 aromatic rings. The van der Waals surface area contributed by atoms with E-state index in [1.165, 1.54) is 28.4 Å². The van der Waals surface area contributed by atoms with E-state index in [4.69, 9.17) is 0 Å². The molecule has 1 amide bonds. The van der Waals surface area contributed by atoms with Crippen LogP contribution in [-0.4, -0.2) is 15.7 Å². The molecule has 0 atom stereocenters. The van der Waals surface area contributed by atoms with E-state index in [1.807, 2.05) is 32.0 Å². The monoisotopic (exact) mass is 379 g/mol. The molecule has 0 bridgehead atoms. The first-order valence-electron chi connectivity index (χ1n) is 9.09. The number of benzene rings is 2. The third-order valence-corrected chi connectivity index (χ3v) is 4.62. The molecule has 3 rings (SSSR count). The Morgan fingerprint density at radius 3 is 2.50 bits per heavy atom. The minimum absolute atomic E-state index is 0.129. The highest BCUT2D eigenvalue weighted by atomic mass is 19.1. The third-order valence-electron chi connectivity index (χ3n) is 4.62. The van der Waals surface area contributed by atoms with Crippen molar-refractivity contribution < 1.29 is 9.18 Å². The average molecular weight is 379 g/mol. The van der Waals surface area contributed by atoms with Crippen molar-refractivity contribution in [2.45, 2.75) is 33.4 Å². The minimum Gasteiger partial charge on any atom is -0.352 e. The number of halogens is 1. The molecule has 0 saturated heterocycles. The molecule has 28 heavy (non-hydrogen) atoms. The van der Waals surface area contributed by atoms with Crippen molar-refractivity contribution in [1.29, 1.82) is 0 Å². The van der Waals surface area contributed by atoms with Crippen molar-refractivity contribution in [3.8, 4) is 11.3 Å². The van der Waals surface area contributed by atoms with Gasteiger partial charge in [-0.1, -0.05) is 24.3 Å². The summed E-state index contributed by atoms with van der Waals surface area (Å²) in [5.41, 5.74) is 4.51. The molecule has 0 aliphatic carbocycles. The third kappa shape index (κ3) is 4.91. The highest BCUT2D eigenvalue weighted by Crippen LogP contribution is 2.19. The number of rotatable bonds is 6. The van der Waals surface area contributed by atoms with Crippen LogP contribution in [0.15, 0.2) is 59.4 Å². The number of amides is 1. The fourth-order valence-corrected chi connectivity index (χ4v) is 2.76. The maximum absolute atomic E-state index is 12.9. The van der Waals surface area contributed by atoms with Crippen LogP contribution in [0, 0.1) is 19.7 Å². The lowest BCUT2D eigenvalue weighted by atomic mass is 10.0. The van der Waals surface area contributed by atoms with Crippen molar-refractivity contribution >= 4 is 5.91 Å². The van der Waals surface area contributed by atoms with Gasteiger partial charge in [-0.2, -0.15) is 5.10 Å². The molecule has 0 saturated carbocycles. The van der Waals surface area contributed by atoms with Crippen molar-refractivity contribution in [3.05, 3.63) is 87.5 Å². The second-order valence-corrected chi connectivity index (χ2v) is 6.73. The van der Waals surface area contributed by atoms with Gasteiger partial charge in [0.25, 0.3) is 5.56 Å². The lowest BCUT2D eigenvalue weighted by molar-refractivity contribution is -0.121. The summed E-state index contributed by atoms with van der Waals surface area (Å²) in [7, 11) is 0. The number of nitrogens with zero attached hydrogens (tertiary/aromatic N) is 2. The number of hydrogen-bond acceptors (Lipinski definition) is 3. The molecule has 0 radical (unpaired) electrons. The van der Waals surface area contributed by atoms with E-state index in [0.29, 0.717) is 12.2 Å². The molecule has 0 aliphatic heterocycles. The average Bonchev–Trinajstić information content (AvgIpc) is 2.69. The fourth-order valence-electron chi connectivity index (χ4n) is 2.76. The van der Waals surface area contributed by atoms with Gasteiger partial charge in [-0.25, -0.2) is 9.07 Å². The first-order chi connectivity index (χ1) is 13.4. The van der Waals surface area contributed by atoms with E-state index in [2.05, 4.69) is 10.4 Å². The number of hydrogen-bond donors (Lipinski definition) is 1. The van der Waals surface area contributed by atoms with Crippen LogP contribution >= 0.6 is 0 Å². The van der Waals surface area contributed by atoms with Crippen LogP contribution in [-0.2, 0) is 17.9 Å². The van der Waals surface area contributed by atoms with Crippen LogP contribution in [0.4, 0.5) is 4.39 Å². The quantitative estimate of drug-likeness (QED) is 0.714. The number of aromatic nitrogens is 2. The van der Waals surface area contributed by atoms with E-state index >= 15 is 0 Å². The van der Waals surface area contributed by atoms with Crippen molar-refractivity contribution in [2.75, 3.05) is 0 Å². The Hall–Kier alpha value is -3.28. The van der Waals surface area contributed by atoms with Crippen LogP contribution in [0.5, 0.6) is 0 Å². The predicted octanol–water partition coefficient (Wildman–Crippen LogP) is 3.37. The highest BCUT2D eigenvalue weighted by molar-refractivity contribution is 5.75. The number of aryl methyl sites for hydroxylation is 3. The van der Waals surface area contributed by atoms with Gasteiger partial charge in [0.05, 0.1) is 12.2 Å². The van der Waals surface area contributed by atoms with Gasteiger partial charge in [0.1, 0.15) is 5.82 Å². The summed E-state index contributed by atoms with van der Waals surface area (Å²) in [4.78, 5) is 24.2. The Morgan fingerprint density at radius 1 is 1.04 bits per heavy atom. The Balaban J connectivity index is 1.63. The molecule has 0 spiro atoms. The maximum Gasteiger partial charge on any atom is 0.266 e. The van der Waals surface area contributed by atoms with Crippen molar-refractivity contribution in [2.24, 2.45) is 0 Å². The highest BCUT2D eigenvalue weighted by Gasteiger charge is 2.07. The Kier molecular flexibility index (Phi) is 5.99. The minimum atomic E-state index is -0.316. The molecule has 1 heterocycles. The molecule has 144 valence electrons. The molecule has 1 aromatic heterocycles. The molecular formula is C22H22FN3O2. The largest absolute Gasteiger partial charge is 0.352 e. The lowest BCUT2D eigenvalue weighted by Gasteiger charge is -2.09. The van der Waals surface area contributed by atoms with Gasteiger partial charge in [0, 0.05) is 24.6 Å². The Bertz CT molecular complexity index is 1040. The molecular weight excluding hydrogens is 357 g/mol. The molecule has 5 nitrogen and oxygen atoms in total. The molecule has 1 N–H and O–H groups in total. The van der Waals surface area contributed by atoms with Gasteiger partial charge in [0.15, 0.2) is 0 Å². The van der Waals surface area contributed by atoms with Crippen molar-refractivity contribution in [3.63, 3.8) is 0 Å². The molecule has 0 unspecified atom stereocenters. The first-order valence-corrected chi connectivity index (χ1v) is 9.09. The van der Waals surface area contributed by atoms with E-state index in [1.54, 1.807) is 18.2 Å². The zero-order chi connectivity index (χ0) is 20.1. The van der Waals surface area contributed by atoms with Gasteiger partial charge in [-0.3, -0.25) is 9.59 Å². The van der Waals surface area contributed by atoms with Crippen LogP contribution < -0.4 is 10.9 Å². The maximum atomic E-state index is 12.9. The second-order valence-electron chi connectivity index (χ2n) is 6.73. The summed E-state index contributed by atoms with van der Waals surface area (Å²) in [5.74, 6) is -0.515. The molecule has 0 aliphatic rings. The first kappa shape index (κ1) is 19.5. The summed E-state index contributed by atoms with van der Waals surface area (Å²) in [6.45, 7) is 4.56. The second kappa shape index (κ2) is 8.61. The number of carbonyl (C=O) groups excluding carboxylic acids is 1. The summed E-state index contributed by atoms with van der Waals surface area (Å²) in [6.07, 6.45) is 0.129. The Labute approximate surface area is 162 Å². The molecule has 0 fully saturated rings. The Morgan fingerprint density at radius 2 is 1.79 bits per heavy atom. The topological polar surface area (TPSA) is 64.0 Å². The SMILES string of the molecule is Cc1ccc(-c2ccc(=O)n(CCC(=O)NCc3ccc(F)cc3)n2)cc1C. The standard InChI is InChI=1S/C22H22FN3O2/c1-15-3-6-18(13-16(15)2)20-9-10-22(28)26(25-20)12-11-21(27)24-14-17-4-7-19(23)8-5-17/h3-10,13H,11-12,14H2,1-2H3,(H,24,27). The summed E-state index contributed by atoms with van der Waals surface area (Å²) < 4.78 is 14.2. The van der Waals surface area contributed by atoms with Crippen LogP contribution in [0.25, 0.3) is 11.3 Å².